The topological polar surface area (TPSA) is 151 Å². The van der Waals surface area contributed by atoms with Crippen LogP contribution in [0, 0.1) is 40.7 Å². The van der Waals surface area contributed by atoms with Crippen LogP contribution in [-0.4, -0.2) is 80.2 Å². The molecule has 0 aromatic heterocycles. The number of sulfonamides is 1. The molecule has 3 fully saturated rings. The summed E-state index contributed by atoms with van der Waals surface area (Å²) in [4.78, 5) is 54.1. The Kier molecular flexibility index (Phi) is 9.56. The minimum absolute atomic E-state index is 0.0395. The Labute approximate surface area is 256 Å². The third kappa shape index (κ3) is 7.08. The number of amides is 3. The number of hydrogen-bond donors (Lipinski definition) is 3. The average molecular weight is 667 g/mol. The van der Waals surface area contributed by atoms with Gasteiger partial charge < -0.3 is 20.3 Å². The van der Waals surface area contributed by atoms with Crippen LogP contribution in [0.15, 0.2) is 18.2 Å². The zero-order chi connectivity index (χ0) is 33.6. The van der Waals surface area contributed by atoms with Gasteiger partial charge in [0.05, 0.1) is 6.04 Å². The number of nitrogens with zero attached hydrogens (tertiary/aromatic N) is 1. The van der Waals surface area contributed by atoms with Gasteiger partial charge in [0.2, 0.25) is 17.7 Å². The quantitative estimate of drug-likeness (QED) is 0.288. The van der Waals surface area contributed by atoms with Gasteiger partial charge in [-0.2, -0.15) is 17.9 Å². The Morgan fingerprint density at radius 1 is 1.18 bits per heavy atom. The first-order valence-electron chi connectivity index (χ1n) is 14.3. The van der Waals surface area contributed by atoms with Crippen molar-refractivity contribution in [3.05, 3.63) is 29.8 Å². The van der Waals surface area contributed by atoms with Crippen LogP contribution in [0.4, 0.5) is 22.0 Å². The van der Waals surface area contributed by atoms with E-state index in [1.54, 1.807) is 0 Å². The molecule has 0 radical (unpaired) electrons. The number of fused-ring (bicyclic) bond motifs is 1. The molecule has 1 aromatic rings. The van der Waals surface area contributed by atoms with Crippen LogP contribution in [0.5, 0.6) is 5.75 Å². The summed E-state index contributed by atoms with van der Waals surface area (Å²) in [7, 11) is -5.91. The first-order valence-corrected chi connectivity index (χ1v) is 15.8. The molecule has 250 valence electrons. The van der Waals surface area contributed by atoms with Gasteiger partial charge in [0.25, 0.3) is 0 Å². The highest BCUT2D eigenvalue weighted by Gasteiger charge is 2.70. The fraction of sp³-hybridized carbons (Fsp3) is 0.643. The number of ether oxygens (including phenoxy) is 1. The van der Waals surface area contributed by atoms with Crippen LogP contribution in [0.25, 0.3) is 0 Å². The summed E-state index contributed by atoms with van der Waals surface area (Å²) < 4.78 is 97.2. The van der Waals surface area contributed by atoms with E-state index in [4.69, 9.17) is 4.74 Å². The number of hydrogen-bond acceptors (Lipinski definition) is 7. The summed E-state index contributed by atoms with van der Waals surface area (Å²) in [6, 6.07) is -2.00. The molecule has 3 aliphatic rings. The van der Waals surface area contributed by atoms with Crippen molar-refractivity contribution < 1.29 is 54.3 Å². The zero-order valence-corrected chi connectivity index (χ0v) is 25.7. The molecule has 2 aliphatic heterocycles. The van der Waals surface area contributed by atoms with E-state index in [0.29, 0.717) is 19.0 Å². The molecule has 0 unspecified atom stereocenters. The molecular formula is C28H35F5N4O7S. The SMILES string of the molecule is CC(C)[C@H](NS(=O)(=O)C(F)(F)F)C(=O)N1C[C@H]2[C@@H]([C@H]1C(=O)N[C@@H](C[C@@H]1CCNC1=O)C(=O)COc1ccc(F)cc1F)C2(C)C. The molecule has 11 nitrogen and oxygen atoms in total. The van der Waals surface area contributed by atoms with Crippen molar-refractivity contribution in [2.24, 2.45) is 29.1 Å². The van der Waals surface area contributed by atoms with Crippen LogP contribution in [0.2, 0.25) is 0 Å². The molecule has 17 heteroatoms. The fourth-order valence-corrected chi connectivity index (χ4v) is 7.06. The monoisotopic (exact) mass is 666 g/mol. The first-order chi connectivity index (χ1) is 20.8. The number of benzene rings is 1. The largest absolute Gasteiger partial charge is 0.511 e. The number of halogens is 5. The normalized spacial score (nSPS) is 25.4. The lowest BCUT2D eigenvalue weighted by Crippen LogP contribution is -2.59. The van der Waals surface area contributed by atoms with Gasteiger partial charge in [0.15, 0.2) is 17.3 Å². The minimum atomic E-state index is -5.91. The maximum atomic E-state index is 14.1. The van der Waals surface area contributed by atoms with Crippen LogP contribution in [-0.2, 0) is 29.2 Å². The molecule has 2 saturated heterocycles. The van der Waals surface area contributed by atoms with Crippen molar-refractivity contribution in [3.8, 4) is 5.75 Å². The van der Waals surface area contributed by atoms with Crippen LogP contribution < -0.4 is 20.1 Å². The highest BCUT2D eigenvalue weighted by atomic mass is 32.2. The Balaban J connectivity index is 1.57. The number of carbonyl (C=O) groups excluding carboxylic acids is 4. The molecule has 3 N–H and O–H groups in total. The molecule has 1 saturated carbocycles. The van der Waals surface area contributed by atoms with Crippen molar-refractivity contribution in [3.63, 3.8) is 0 Å². The minimum Gasteiger partial charge on any atom is -0.483 e. The van der Waals surface area contributed by atoms with E-state index >= 15 is 0 Å². The Morgan fingerprint density at radius 2 is 1.84 bits per heavy atom. The average Bonchev–Trinajstić information content (AvgIpc) is 3.26. The van der Waals surface area contributed by atoms with E-state index < -0.39 is 98.4 Å². The number of nitrogens with one attached hydrogen (secondary N) is 3. The second-order valence-corrected chi connectivity index (χ2v) is 14.3. The lowest BCUT2D eigenvalue weighted by atomic mass is 9.94. The van der Waals surface area contributed by atoms with Crippen LogP contribution >= 0.6 is 0 Å². The lowest BCUT2D eigenvalue weighted by molar-refractivity contribution is -0.143. The molecule has 1 aliphatic carbocycles. The van der Waals surface area contributed by atoms with Crippen LogP contribution in [0.1, 0.15) is 40.5 Å². The fourth-order valence-electron chi connectivity index (χ4n) is 6.22. The number of carbonyl (C=O) groups is 4. The summed E-state index contributed by atoms with van der Waals surface area (Å²) >= 11 is 0. The summed E-state index contributed by atoms with van der Waals surface area (Å²) in [6.07, 6.45) is 0.191. The Hall–Kier alpha value is -3.34. The number of rotatable bonds is 12. The number of piperidine rings is 1. The summed E-state index contributed by atoms with van der Waals surface area (Å²) in [5.41, 5.74) is -6.13. The van der Waals surface area contributed by atoms with Crippen molar-refractivity contribution in [2.75, 3.05) is 19.7 Å². The van der Waals surface area contributed by atoms with Gasteiger partial charge in [-0.05, 0) is 48.1 Å². The van der Waals surface area contributed by atoms with Crippen LogP contribution in [0.3, 0.4) is 0 Å². The first kappa shape index (κ1) is 34.5. The lowest BCUT2D eigenvalue weighted by Gasteiger charge is -2.35. The third-order valence-corrected chi connectivity index (χ3v) is 10.1. The Bertz CT molecular complexity index is 1470. The predicted molar refractivity (Wildman–Crippen MR) is 148 cm³/mol. The number of likely N-dealkylation sites (tertiary alicyclic amines) is 1. The molecule has 3 amide bonds. The van der Waals surface area contributed by atoms with Gasteiger partial charge in [-0.3, -0.25) is 19.2 Å². The maximum absolute atomic E-state index is 14.1. The van der Waals surface area contributed by atoms with E-state index in [1.807, 2.05) is 13.8 Å². The van der Waals surface area contributed by atoms with Crippen molar-refractivity contribution in [1.29, 1.82) is 0 Å². The maximum Gasteiger partial charge on any atom is 0.511 e. The zero-order valence-electron chi connectivity index (χ0n) is 24.9. The van der Waals surface area contributed by atoms with E-state index in [9.17, 15) is 49.5 Å². The smallest absolute Gasteiger partial charge is 0.483 e. The van der Waals surface area contributed by atoms with Gasteiger partial charge in [0.1, 0.15) is 24.5 Å². The predicted octanol–water partition coefficient (Wildman–Crippen LogP) is 1.87. The van der Waals surface area contributed by atoms with Crippen molar-refractivity contribution in [1.82, 2.24) is 20.3 Å². The third-order valence-electron chi connectivity index (χ3n) is 8.93. The molecule has 0 bridgehead atoms. The molecule has 0 spiro atoms. The summed E-state index contributed by atoms with van der Waals surface area (Å²) in [5, 5.41) is 5.20. The second-order valence-electron chi connectivity index (χ2n) is 12.6. The standard InChI is InChI=1S/C28H35F5N4O7S/c1-13(2)22(36-45(42,43)28(31,32)33)26(41)37-11-16-21(27(16,3)4)23(37)25(40)35-18(9-14-7-8-34-24(14)39)19(38)12-44-20-6-5-15(29)10-17(20)30/h5-6,10,13-14,16,18,21-23,36H,7-9,11-12H2,1-4H3,(H,34,39)(H,35,40)/t14-,16-,18-,21-,22-,23-/m0/s1. The molecule has 1 aromatic carbocycles. The summed E-state index contributed by atoms with van der Waals surface area (Å²) in [6.45, 7) is 5.91. The number of Topliss-reactive ketones (excluding diaryl/α,β-unsaturated/α-hetero) is 1. The number of ketones is 1. The van der Waals surface area contributed by atoms with Crippen molar-refractivity contribution >= 4 is 33.5 Å². The summed E-state index contributed by atoms with van der Waals surface area (Å²) in [5.74, 6) is -7.62. The van der Waals surface area contributed by atoms with E-state index in [2.05, 4.69) is 10.6 Å². The second kappa shape index (κ2) is 12.5. The van der Waals surface area contributed by atoms with E-state index in [-0.39, 0.29) is 24.8 Å². The molecule has 6 atom stereocenters. The number of alkyl halides is 3. The van der Waals surface area contributed by atoms with Gasteiger partial charge >= 0.3 is 15.5 Å². The molecular weight excluding hydrogens is 631 g/mol. The van der Waals surface area contributed by atoms with Gasteiger partial charge in [-0.1, -0.05) is 27.7 Å². The van der Waals surface area contributed by atoms with Gasteiger partial charge in [-0.25, -0.2) is 17.2 Å². The molecule has 4 rings (SSSR count). The van der Waals surface area contributed by atoms with Gasteiger partial charge in [0, 0.05) is 25.1 Å². The van der Waals surface area contributed by atoms with Gasteiger partial charge in [-0.15, -0.1) is 0 Å². The van der Waals surface area contributed by atoms with E-state index in [1.165, 1.54) is 18.6 Å². The Morgan fingerprint density at radius 3 is 2.40 bits per heavy atom. The van der Waals surface area contributed by atoms with Crippen molar-refractivity contribution in [2.45, 2.75) is 64.2 Å². The molecule has 2 heterocycles. The highest BCUT2D eigenvalue weighted by molar-refractivity contribution is 7.90. The molecule has 45 heavy (non-hydrogen) atoms. The highest BCUT2D eigenvalue weighted by Crippen LogP contribution is 2.65. The van der Waals surface area contributed by atoms with E-state index in [0.717, 1.165) is 17.0 Å².